The Morgan fingerprint density at radius 1 is 1.00 bits per heavy atom. The van der Waals surface area contributed by atoms with Crippen LogP contribution in [0.5, 0.6) is 0 Å². The summed E-state index contributed by atoms with van der Waals surface area (Å²) in [7, 11) is -3.60. The standard InChI is InChI=1S/C20H25FN4O3S/c1-16(26)23-18-4-8-20(9-5-18)29(27,28)22-10-11-24-12-14-25(15-13-24)19-6-2-17(21)3-7-19/h2-9,22H,10-15H2,1H3,(H,23,26). The maximum absolute atomic E-state index is 13.0. The fourth-order valence-electron chi connectivity index (χ4n) is 3.22. The van der Waals surface area contributed by atoms with Crippen LogP contribution >= 0.6 is 0 Å². The molecule has 156 valence electrons. The summed E-state index contributed by atoms with van der Waals surface area (Å²) in [6.07, 6.45) is 0. The molecule has 0 aliphatic carbocycles. The summed E-state index contributed by atoms with van der Waals surface area (Å²) in [4.78, 5) is 15.6. The van der Waals surface area contributed by atoms with Crippen molar-refractivity contribution in [1.82, 2.24) is 9.62 Å². The highest BCUT2D eigenvalue weighted by molar-refractivity contribution is 7.89. The van der Waals surface area contributed by atoms with Crippen LogP contribution < -0.4 is 14.9 Å². The number of anilines is 2. The van der Waals surface area contributed by atoms with E-state index >= 15 is 0 Å². The molecule has 2 aromatic carbocycles. The topological polar surface area (TPSA) is 81.7 Å². The van der Waals surface area contributed by atoms with Gasteiger partial charge in [0.1, 0.15) is 5.82 Å². The molecule has 0 bridgehead atoms. The highest BCUT2D eigenvalue weighted by Gasteiger charge is 2.18. The second-order valence-electron chi connectivity index (χ2n) is 6.91. The first-order valence-corrected chi connectivity index (χ1v) is 10.9. The van der Waals surface area contributed by atoms with Gasteiger partial charge in [-0.1, -0.05) is 0 Å². The molecule has 0 spiro atoms. The van der Waals surface area contributed by atoms with Crippen LogP contribution in [0.2, 0.25) is 0 Å². The van der Waals surface area contributed by atoms with E-state index in [-0.39, 0.29) is 16.6 Å². The summed E-state index contributed by atoms with van der Waals surface area (Å²) in [6.45, 7) is 5.56. The molecule has 1 heterocycles. The lowest BCUT2D eigenvalue weighted by atomic mass is 10.2. The van der Waals surface area contributed by atoms with Crippen molar-refractivity contribution < 1.29 is 17.6 Å². The third kappa shape index (κ3) is 5.99. The predicted octanol–water partition coefficient (Wildman–Crippen LogP) is 1.88. The summed E-state index contributed by atoms with van der Waals surface area (Å²) < 4.78 is 40.5. The smallest absolute Gasteiger partial charge is 0.240 e. The van der Waals surface area contributed by atoms with E-state index in [1.165, 1.54) is 31.2 Å². The number of rotatable bonds is 7. The van der Waals surface area contributed by atoms with Crippen LogP contribution in [0.15, 0.2) is 53.4 Å². The Hall–Kier alpha value is -2.49. The minimum atomic E-state index is -3.60. The Morgan fingerprint density at radius 3 is 2.21 bits per heavy atom. The minimum Gasteiger partial charge on any atom is -0.369 e. The van der Waals surface area contributed by atoms with E-state index in [0.29, 0.717) is 18.8 Å². The molecule has 1 aliphatic heterocycles. The molecule has 7 nitrogen and oxygen atoms in total. The molecule has 0 radical (unpaired) electrons. The van der Waals surface area contributed by atoms with Gasteiger partial charge >= 0.3 is 0 Å². The first-order chi connectivity index (χ1) is 13.8. The lowest BCUT2D eigenvalue weighted by Gasteiger charge is -2.36. The molecule has 29 heavy (non-hydrogen) atoms. The molecular formula is C20H25FN4O3S. The average molecular weight is 421 g/mol. The second kappa shape index (κ2) is 9.34. The molecule has 3 rings (SSSR count). The quantitative estimate of drug-likeness (QED) is 0.715. The third-order valence-electron chi connectivity index (χ3n) is 4.77. The van der Waals surface area contributed by atoms with Crippen molar-refractivity contribution >= 4 is 27.3 Å². The summed E-state index contributed by atoms with van der Waals surface area (Å²) in [5.74, 6) is -0.456. The van der Waals surface area contributed by atoms with Crippen molar-refractivity contribution in [3.05, 3.63) is 54.3 Å². The van der Waals surface area contributed by atoms with Gasteiger partial charge in [-0.05, 0) is 48.5 Å². The third-order valence-corrected chi connectivity index (χ3v) is 6.25. The average Bonchev–Trinajstić information content (AvgIpc) is 2.69. The van der Waals surface area contributed by atoms with Crippen molar-refractivity contribution in [3.8, 4) is 0 Å². The Morgan fingerprint density at radius 2 is 1.62 bits per heavy atom. The molecule has 1 saturated heterocycles. The molecule has 1 amide bonds. The van der Waals surface area contributed by atoms with Crippen LogP contribution in [0, 0.1) is 5.82 Å². The number of hydrogen-bond acceptors (Lipinski definition) is 5. The lowest BCUT2D eigenvalue weighted by Crippen LogP contribution is -2.48. The molecule has 0 atom stereocenters. The van der Waals surface area contributed by atoms with Gasteiger partial charge in [-0.15, -0.1) is 0 Å². The van der Waals surface area contributed by atoms with Crippen molar-refractivity contribution in [2.75, 3.05) is 49.5 Å². The fraction of sp³-hybridized carbons (Fsp3) is 0.350. The lowest BCUT2D eigenvalue weighted by molar-refractivity contribution is -0.114. The largest absolute Gasteiger partial charge is 0.369 e. The predicted molar refractivity (Wildman–Crippen MR) is 111 cm³/mol. The molecule has 9 heteroatoms. The van der Waals surface area contributed by atoms with Crippen LogP contribution in [0.1, 0.15) is 6.92 Å². The molecule has 1 aliphatic rings. The Bertz CT molecular complexity index is 925. The monoisotopic (exact) mass is 420 g/mol. The number of halogens is 1. The van der Waals surface area contributed by atoms with Crippen LogP contribution in [-0.4, -0.2) is 58.5 Å². The van der Waals surface area contributed by atoms with Gasteiger partial charge < -0.3 is 10.2 Å². The van der Waals surface area contributed by atoms with Crippen LogP contribution in [-0.2, 0) is 14.8 Å². The summed E-state index contributed by atoms with van der Waals surface area (Å²) in [5, 5.41) is 2.60. The first kappa shape index (κ1) is 21.2. The molecule has 1 fully saturated rings. The number of piperazine rings is 1. The number of hydrogen-bond donors (Lipinski definition) is 2. The van der Waals surface area contributed by atoms with E-state index in [0.717, 1.165) is 31.9 Å². The number of benzene rings is 2. The SMILES string of the molecule is CC(=O)Nc1ccc(S(=O)(=O)NCCN2CCN(c3ccc(F)cc3)CC2)cc1. The molecule has 2 N–H and O–H groups in total. The van der Waals surface area contributed by atoms with E-state index in [4.69, 9.17) is 0 Å². The van der Waals surface area contributed by atoms with Gasteiger partial charge in [-0.2, -0.15) is 0 Å². The normalized spacial score (nSPS) is 15.3. The van der Waals surface area contributed by atoms with Gasteiger partial charge in [0.2, 0.25) is 15.9 Å². The first-order valence-electron chi connectivity index (χ1n) is 9.44. The Balaban J connectivity index is 1.45. The highest BCUT2D eigenvalue weighted by Crippen LogP contribution is 2.17. The van der Waals surface area contributed by atoms with Crippen LogP contribution in [0.4, 0.5) is 15.8 Å². The number of nitrogens with zero attached hydrogens (tertiary/aromatic N) is 2. The van der Waals surface area contributed by atoms with E-state index in [1.54, 1.807) is 24.3 Å². The fourth-order valence-corrected chi connectivity index (χ4v) is 4.24. The van der Waals surface area contributed by atoms with E-state index in [1.807, 2.05) is 0 Å². The van der Waals surface area contributed by atoms with Gasteiger partial charge in [0.25, 0.3) is 0 Å². The Labute approximate surface area is 170 Å². The molecular weight excluding hydrogens is 395 g/mol. The van der Waals surface area contributed by atoms with Crippen molar-refractivity contribution in [1.29, 1.82) is 0 Å². The van der Waals surface area contributed by atoms with Crippen molar-refractivity contribution in [2.45, 2.75) is 11.8 Å². The van der Waals surface area contributed by atoms with Crippen LogP contribution in [0.3, 0.4) is 0 Å². The zero-order valence-electron chi connectivity index (χ0n) is 16.3. The van der Waals surface area contributed by atoms with E-state index in [2.05, 4.69) is 19.8 Å². The van der Waals surface area contributed by atoms with E-state index in [9.17, 15) is 17.6 Å². The molecule has 0 aromatic heterocycles. The van der Waals surface area contributed by atoms with Gasteiger partial charge in [-0.25, -0.2) is 17.5 Å². The molecule has 2 aromatic rings. The highest BCUT2D eigenvalue weighted by atomic mass is 32.2. The number of amides is 1. The summed E-state index contributed by atoms with van der Waals surface area (Å²) in [5.41, 5.74) is 1.55. The van der Waals surface area contributed by atoms with Gasteiger partial charge in [0, 0.05) is 57.6 Å². The number of carbonyl (C=O) groups excluding carboxylic acids is 1. The maximum atomic E-state index is 13.0. The zero-order chi connectivity index (χ0) is 20.9. The van der Waals surface area contributed by atoms with Gasteiger partial charge in [-0.3, -0.25) is 9.69 Å². The number of nitrogens with one attached hydrogen (secondary N) is 2. The van der Waals surface area contributed by atoms with E-state index < -0.39 is 10.0 Å². The molecule has 0 saturated carbocycles. The summed E-state index contributed by atoms with van der Waals surface area (Å²) >= 11 is 0. The van der Waals surface area contributed by atoms with Crippen molar-refractivity contribution in [2.24, 2.45) is 0 Å². The number of carbonyl (C=O) groups is 1. The van der Waals surface area contributed by atoms with Gasteiger partial charge in [0.05, 0.1) is 4.90 Å². The number of sulfonamides is 1. The zero-order valence-corrected chi connectivity index (χ0v) is 17.1. The maximum Gasteiger partial charge on any atom is 0.240 e. The van der Waals surface area contributed by atoms with Gasteiger partial charge in [0.15, 0.2) is 0 Å². The summed E-state index contributed by atoms with van der Waals surface area (Å²) in [6, 6.07) is 12.5. The molecule has 0 unspecified atom stereocenters. The van der Waals surface area contributed by atoms with Crippen molar-refractivity contribution in [3.63, 3.8) is 0 Å². The Kier molecular flexibility index (Phi) is 6.83. The van der Waals surface area contributed by atoms with Crippen LogP contribution in [0.25, 0.3) is 0 Å². The second-order valence-corrected chi connectivity index (χ2v) is 8.68. The minimum absolute atomic E-state index is 0.160.